The molecular formula is C14H15F2NO3S. The molecule has 1 aromatic carbocycles. The summed E-state index contributed by atoms with van der Waals surface area (Å²) in [5.41, 5.74) is 0.394. The van der Waals surface area contributed by atoms with E-state index in [9.17, 15) is 18.4 Å². The fraction of sp³-hybridized carbons (Fsp3) is 0.429. The minimum absolute atomic E-state index is 0.0644. The molecular weight excluding hydrogens is 300 g/mol. The van der Waals surface area contributed by atoms with Gasteiger partial charge in [0, 0.05) is 23.0 Å². The first-order valence-corrected chi connectivity index (χ1v) is 7.43. The monoisotopic (exact) mass is 315 g/mol. The molecule has 0 saturated carbocycles. The number of thioether (sulfide) groups is 1. The Bertz CT molecular complexity index is 521. The first-order valence-electron chi connectivity index (χ1n) is 6.55. The van der Waals surface area contributed by atoms with Crippen LogP contribution in [0, 0.1) is 0 Å². The van der Waals surface area contributed by atoms with Gasteiger partial charge in [-0.3, -0.25) is 9.59 Å². The third kappa shape index (κ3) is 4.17. The summed E-state index contributed by atoms with van der Waals surface area (Å²) < 4.78 is 24.5. The van der Waals surface area contributed by atoms with E-state index in [1.165, 1.54) is 24.3 Å². The first-order chi connectivity index (χ1) is 9.97. The molecule has 1 saturated heterocycles. The van der Waals surface area contributed by atoms with E-state index in [0.717, 1.165) is 6.42 Å². The van der Waals surface area contributed by atoms with E-state index in [1.54, 1.807) is 4.90 Å². The van der Waals surface area contributed by atoms with Crippen molar-refractivity contribution in [3.8, 4) is 0 Å². The van der Waals surface area contributed by atoms with Crippen LogP contribution in [0.2, 0.25) is 0 Å². The minimum Gasteiger partial charge on any atom is -0.481 e. The number of carbonyl (C=O) groups is 2. The summed E-state index contributed by atoms with van der Waals surface area (Å²) in [6.07, 6.45) is 1.39. The second-order valence-corrected chi connectivity index (χ2v) is 5.86. The normalized spacial score (nSPS) is 18.2. The zero-order valence-electron chi connectivity index (χ0n) is 11.2. The van der Waals surface area contributed by atoms with Crippen LogP contribution in [-0.2, 0) is 4.79 Å². The molecule has 0 spiro atoms. The van der Waals surface area contributed by atoms with Crippen LogP contribution in [0.1, 0.15) is 29.6 Å². The van der Waals surface area contributed by atoms with E-state index in [0.29, 0.717) is 35.2 Å². The minimum atomic E-state index is -2.50. The molecule has 1 unspecified atom stereocenters. The maximum atomic E-state index is 12.4. The number of benzene rings is 1. The predicted octanol–water partition coefficient (Wildman–Crippen LogP) is 3.08. The molecule has 1 aliphatic heterocycles. The topological polar surface area (TPSA) is 57.6 Å². The van der Waals surface area contributed by atoms with Crippen LogP contribution in [0.25, 0.3) is 0 Å². The van der Waals surface area contributed by atoms with Crippen molar-refractivity contribution in [1.82, 2.24) is 4.90 Å². The van der Waals surface area contributed by atoms with E-state index in [-0.39, 0.29) is 18.4 Å². The zero-order valence-corrected chi connectivity index (χ0v) is 12.0. The smallest absolute Gasteiger partial charge is 0.305 e. The van der Waals surface area contributed by atoms with Crippen molar-refractivity contribution < 1.29 is 23.5 Å². The van der Waals surface area contributed by atoms with Crippen molar-refractivity contribution in [3.63, 3.8) is 0 Å². The molecule has 0 bridgehead atoms. The maximum absolute atomic E-state index is 12.4. The number of halogens is 2. The van der Waals surface area contributed by atoms with Gasteiger partial charge in [0.05, 0.1) is 6.42 Å². The number of nitrogens with zero attached hydrogens (tertiary/aromatic N) is 1. The molecule has 0 aliphatic carbocycles. The molecule has 0 radical (unpaired) electrons. The van der Waals surface area contributed by atoms with E-state index in [4.69, 9.17) is 5.11 Å². The number of carboxylic acid groups (broad SMARTS) is 1. The Hall–Kier alpha value is -1.63. The van der Waals surface area contributed by atoms with Crippen LogP contribution < -0.4 is 0 Å². The predicted molar refractivity (Wildman–Crippen MR) is 74.6 cm³/mol. The van der Waals surface area contributed by atoms with Crippen molar-refractivity contribution >= 4 is 23.6 Å². The number of alkyl halides is 2. The van der Waals surface area contributed by atoms with Crippen LogP contribution in [0.3, 0.4) is 0 Å². The Kier molecular flexibility index (Phi) is 5.17. The van der Waals surface area contributed by atoms with Gasteiger partial charge in [-0.1, -0.05) is 11.8 Å². The molecule has 7 heteroatoms. The second kappa shape index (κ2) is 6.89. The van der Waals surface area contributed by atoms with E-state index >= 15 is 0 Å². The van der Waals surface area contributed by atoms with Gasteiger partial charge in [0.2, 0.25) is 0 Å². The highest BCUT2D eigenvalue weighted by Gasteiger charge is 2.30. The van der Waals surface area contributed by atoms with E-state index in [2.05, 4.69) is 0 Å². The third-order valence-corrected chi connectivity index (χ3v) is 4.10. The highest BCUT2D eigenvalue weighted by atomic mass is 32.2. The quantitative estimate of drug-likeness (QED) is 0.848. The van der Waals surface area contributed by atoms with Gasteiger partial charge in [-0.25, -0.2) is 0 Å². The van der Waals surface area contributed by atoms with Gasteiger partial charge < -0.3 is 10.0 Å². The second-order valence-electron chi connectivity index (χ2n) is 4.80. The molecule has 1 aromatic rings. The maximum Gasteiger partial charge on any atom is 0.305 e. The fourth-order valence-electron chi connectivity index (χ4n) is 2.46. The standard InChI is InChI=1S/C14H15F2NO3S/c15-14(16)21-11-5-3-9(4-6-11)13(20)17-7-1-2-10(17)8-12(18)19/h3-6,10,14H,1-2,7-8H2,(H,18,19). The molecule has 1 aliphatic rings. The van der Waals surface area contributed by atoms with Crippen molar-refractivity contribution in [2.45, 2.75) is 36.0 Å². The van der Waals surface area contributed by atoms with Gasteiger partial charge in [-0.05, 0) is 37.1 Å². The van der Waals surface area contributed by atoms with Gasteiger partial charge >= 0.3 is 5.97 Å². The number of rotatable bonds is 5. The van der Waals surface area contributed by atoms with Gasteiger partial charge in [-0.15, -0.1) is 0 Å². The molecule has 1 fully saturated rings. The molecule has 0 aromatic heterocycles. The van der Waals surface area contributed by atoms with Crippen molar-refractivity contribution in [1.29, 1.82) is 0 Å². The number of carboxylic acids is 1. The number of hydrogen-bond donors (Lipinski definition) is 1. The summed E-state index contributed by atoms with van der Waals surface area (Å²) in [5, 5.41) is 8.85. The first kappa shape index (κ1) is 15.8. The lowest BCUT2D eigenvalue weighted by Crippen LogP contribution is -2.36. The zero-order chi connectivity index (χ0) is 15.4. The molecule has 4 nitrogen and oxygen atoms in total. The lowest BCUT2D eigenvalue weighted by atomic mass is 10.1. The number of carbonyl (C=O) groups excluding carboxylic acids is 1. The van der Waals surface area contributed by atoms with Crippen LogP contribution in [0.4, 0.5) is 8.78 Å². The number of likely N-dealkylation sites (tertiary alicyclic amines) is 1. The van der Waals surface area contributed by atoms with E-state index in [1.807, 2.05) is 0 Å². The Balaban J connectivity index is 2.06. The number of aliphatic carboxylic acids is 1. The Morgan fingerprint density at radius 3 is 2.57 bits per heavy atom. The van der Waals surface area contributed by atoms with Crippen LogP contribution >= 0.6 is 11.8 Å². The number of amides is 1. The van der Waals surface area contributed by atoms with Crippen LogP contribution in [0.15, 0.2) is 29.2 Å². The summed E-state index contributed by atoms with van der Waals surface area (Å²) in [5.74, 6) is -3.67. The Morgan fingerprint density at radius 1 is 1.33 bits per heavy atom. The summed E-state index contributed by atoms with van der Waals surface area (Å²) in [6, 6.07) is 5.68. The highest BCUT2D eigenvalue weighted by molar-refractivity contribution is 7.99. The molecule has 1 atom stereocenters. The van der Waals surface area contributed by atoms with Gasteiger partial charge in [0.1, 0.15) is 0 Å². The Labute approximate surface area is 125 Å². The summed E-state index contributed by atoms with van der Waals surface area (Å²) in [7, 11) is 0. The van der Waals surface area contributed by atoms with Gasteiger partial charge in [0.15, 0.2) is 0 Å². The van der Waals surface area contributed by atoms with Crippen LogP contribution in [-0.4, -0.2) is 40.2 Å². The lowest BCUT2D eigenvalue weighted by Gasteiger charge is -2.23. The third-order valence-electron chi connectivity index (χ3n) is 3.37. The number of hydrogen-bond acceptors (Lipinski definition) is 3. The molecule has 114 valence electrons. The molecule has 21 heavy (non-hydrogen) atoms. The lowest BCUT2D eigenvalue weighted by molar-refractivity contribution is -0.137. The SMILES string of the molecule is O=C(O)CC1CCCN1C(=O)c1ccc(SC(F)F)cc1. The Morgan fingerprint density at radius 2 is 2.00 bits per heavy atom. The van der Waals surface area contributed by atoms with Gasteiger partial charge in [0.25, 0.3) is 11.7 Å². The van der Waals surface area contributed by atoms with Crippen molar-refractivity contribution in [2.24, 2.45) is 0 Å². The van der Waals surface area contributed by atoms with Crippen LogP contribution in [0.5, 0.6) is 0 Å². The fourth-order valence-corrected chi connectivity index (χ4v) is 2.96. The molecule has 1 heterocycles. The average molecular weight is 315 g/mol. The molecule has 1 amide bonds. The summed E-state index contributed by atoms with van der Waals surface area (Å²) in [4.78, 5) is 25.1. The molecule has 1 N–H and O–H groups in total. The largest absolute Gasteiger partial charge is 0.481 e. The summed E-state index contributed by atoms with van der Waals surface area (Å²) >= 11 is 0.424. The highest BCUT2D eigenvalue weighted by Crippen LogP contribution is 2.27. The van der Waals surface area contributed by atoms with Crippen molar-refractivity contribution in [3.05, 3.63) is 29.8 Å². The summed E-state index contributed by atoms with van der Waals surface area (Å²) in [6.45, 7) is 0.532. The average Bonchev–Trinajstić information content (AvgIpc) is 2.85. The van der Waals surface area contributed by atoms with Crippen molar-refractivity contribution in [2.75, 3.05) is 6.54 Å². The molecule has 2 rings (SSSR count). The van der Waals surface area contributed by atoms with Gasteiger partial charge in [-0.2, -0.15) is 8.78 Å². The van der Waals surface area contributed by atoms with E-state index < -0.39 is 11.7 Å².